The average molecular weight is 270 g/mol. The zero-order valence-electron chi connectivity index (χ0n) is 12.9. The molecule has 1 heterocycles. The molecule has 5 heteroatoms. The van der Waals surface area contributed by atoms with Gasteiger partial charge in [-0.25, -0.2) is 0 Å². The first-order valence-corrected chi connectivity index (χ1v) is 7.30. The molecule has 2 atom stereocenters. The second-order valence-corrected chi connectivity index (χ2v) is 6.05. The van der Waals surface area contributed by atoms with Crippen molar-refractivity contribution in [3.05, 3.63) is 0 Å². The Morgan fingerprint density at radius 2 is 2.11 bits per heavy atom. The second kappa shape index (κ2) is 7.22. The van der Waals surface area contributed by atoms with Gasteiger partial charge < -0.3 is 16.0 Å². The predicted octanol–water partition coefficient (Wildman–Crippen LogP) is 0.256. The van der Waals surface area contributed by atoms with E-state index in [9.17, 15) is 4.79 Å². The van der Waals surface area contributed by atoms with Crippen LogP contribution in [0, 0.1) is 0 Å². The summed E-state index contributed by atoms with van der Waals surface area (Å²) in [7, 11) is 3.98. The summed E-state index contributed by atoms with van der Waals surface area (Å²) in [5.74, 6) is -0.261. The number of hydrogen-bond acceptors (Lipinski definition) is 4. The van der Waals surface area contributed by atoms with Gasteiger partial charge in [0.1, 0.15) is 0 Å². The minimum atomic E-state index is -0.562. The molecule has 1 fully saturated rings. The molecule has 2 unspecified atom stereocenters. The second-order valence-electron chi connectivity index (χ2n) is 6.05. The highest BCUT2D eigenvalue weighted by Gasteiger charge is 2.28. The number of nitrogens with one attached hydrogen (secondary N) is 1. The Bertz CT molecular complexity index is 297. The predicted molar refractivity (Wildman–Crippen MR) is 79.0 cm³/mol. The van der Waals surface area contributed by atoms with Crippen LogP contribution in [-0.2, 0) is 4.79 Å². The molecule has 5 nitrogen and oxygen atoms in total. The van der Waals surface area contributed by atoms with Gasteiger partial charge in [0, 0.05) is 25.7 Å². The van der Waals surface area contributed by atoms with Gasteiger partial charge in [-0.1, -0.05) is 0 Å². The maximum absolute atomic E-state index is 11.4. The Morgan fingerprint density at radius 3 is 2.63 bits per heavy atom. The molecule has 0 bridgehead atoms. The summed E-state index contributed by atoms with van der Waals surface area (Å²) in [4.78, 5) is 16.3. The van der Waals surface area contributed by atoms with Crippen LogP contribution in [0.2, 0.25) is 0 Å². The summed E-state index contributed by atoms with van der Waals surface area (Å²) in [6, 6.07) is 0.630. The lowest BCUT2D eigenvalue weighted by Gasteiger charge is -2.38. The average Bonchev–Trinajstić information content (AvgIpc) is 2.36. The van der Waals surface area contributed by atoms with Crippen LogP contribution < -0.4 is 11.1 Å². The monoisotopic (exact) mass is 270 g/mol. The van der Waals surface area contributed by atoms with Gasteiger partial charge in [0.05, 0.1) is 5.54 Å². The van der Waals surface area contributed by atoms with Crippen LogP contribution in [0.3, 0.4) is 0 Å². The van der Waals surface area contributed by atoms with E-state index in [2.05, 4.69) is 29.1 Å². The van der Waals surface area contributed by atoms with Crippen molar-refractivity contribution in [1.29, 1.82) is 0 Å². The van der Waals surface area contributed by atoms with Crippen LogP contribution in [0.15, 0.2) is 0 Å². The maximum Gasteiger partial charge on any atom is 0.237 e. The Kier molecular flexibility index (Phi) is 6.23. The zero-order chi connectivity index (χ0) is 14.5. The van der Waals surface area contributed by atoms with Gasteiger partial charge >= 0.3 is 0 Å². The van der Waals surface area contributed by atoms with E-state index in [1.807, 2.05) is 6.92 Å². The standard InChI is InChI=1S/C14H30N4O/c1-12-11-17(4)9-10-18(12)8-6-5-7-14(2,16-3)13(15)19/h12,16H,5-11H2,1-4H3,(H2,15,19). The Balaban J connectivity index is 2.25. The van der Waals surface area contributed by atoms with Gasteiger partial charge in [0.2, 0.25) is 5.91 Å². The maximum atomic E-state index is 11.4. The number of carbonyl (C=O) groups is 1. The summed E-state index contributed by atoms with van der Waals surface area (Å²) in [6.07, 6.45) is 2.96. The van der Waals surface area contributed by atoms with Crippen LogP contribution in [0.5, 0.6) is 0 Å². The van der Waals surface area contributed by atoms with E-state index in [4.69, 9.17) is 5.73 Å². The van der Waals surface area contributed by atoms with E-state index in [-0.39, 0.29) is 5.91 Å². The lowest BCUT2D eigenvalue weighted by molar-refractivity contribution is -0.123. The highest BCUT2D eigenvalue weighted by Crippen LogP contribution is 2.15. The molecule has 0 aliphatic carbocycles. The SMILES string of the molecule is CNC(C)(CCCCN1CCN(C)CC1C)C(N)=O. The lowest BCUT2D eigenvalue weighted by Crippen LogP contribution is -2.52. The fourth-order valence-corrected chi connectivity index (χ4v) is 2.67. The van der Waals surface area contributed by atoms with Gasteiger partial charge in [0.25, 0.3) is 0 Å². The van der Waals surface area contributed by atoms with Crippen LogP contribution in [0.4, 0.5) is 0 Å². The highest BCUT2D eigenvalue weighted by molar-refractivity contribution is 5.84. The normalized spacial score (nSPS) is 25.2. The first kappa shape index (κ1) is 16.4. The summed E-state index contributed by atoms with van der Waals surface area (Å²) >= 11 is 0. The smallest absolute Gasteiger partial charge is 0.237 e. The molecule has 1 aliphatic heterocycles. The van der Waals surface area contributed by atoms with Gasteiger partial charge in [-0.15, -0.1) is 0 Å². The van der Waals surface area contributed by atoms with E-state index in [1.54, 1.807) is 7.05 Å². The molecule has 1 rings (SSSR count). The third kappa shape index (κ3) is 4.75. The van der Waals surface area contributed by atoms with Crippen molar-refractivity contribution in [2.45, 2.75) is 44.7 Å². The van der Waals surface area contributed by atoms with Crippen molar-refractivity contribution in [2.75, 3.05) is 40.3 Å². The van der Waals surface area contributed by atoms with Gasteiger partial charge in [0.15, 0.2) is 0 Å². The van der Waals surface area contributed by atoms with Crippen molar-refractivity contribution in [1.82, 2.24) is 15.1 Å². The number of primary amides is 1. The minimum absolute atomic E-state index is 0.261. The van der Waals surface area contributed by atoms with Crippen LogP contribution in [0.1, 0.15) is 33.1 Å². The highest BCUT2D eigenvalue weighted by atomic mass is 16.1. The minimum Gasteiger partial charge on any atom is -0.368 e. The largest absolute Gasteiger partial charge is 0.368 e. The molecular weight excluding hydrogens is 240 g/mol. The molecule has 112 valence electrons. The first-order valence-electron chi connectivity index (χ1n) is 7.30. The Labute approximate surface area is 117 Å². The number of hydrogen-bond donors (Lipinski definition) is 2. The molecular formula is C14H30N4O. The molecule has 0 radical (unpaired) electrons. The summed E-state index contributed by atoms with van der Waals surface area (Å²) in [5, 5.41) is 3.04. The van der Waals surface area contributed by atoms with E-state index < -0.39 is 5.54 Å². The number of amides is 1. The van der Waals surface area contributed by atoms with Crippen molar-refractivity contribution in [3.63, 3.8) is 0 Å². The Hall–Kier alpha value is -0.650. The number of rotatable bonds is 7. The van der Waals surface area contributed by atoms with E-state index in [1.165, 1.54) is 0 Å². The quantitative estimate of drug-likeness (QED) is 0.651. The van der Waals surface area contributed by atoms with Crippen molar-refractivity contribution in [3.8, 4) is 0 Å². The molecule has 0 aromatic carbocycles. The zero-order valence-corrected chi connectivity index (χ0v) is 12.9. The molecule has 0 aromatic rings. The topological polar surface area (TPSA) is 61.6 Å². The molecule has 1 amide bonds. The number of likely N-dealkylation sites (N-methyl/N-ethyl adjacent to an activating group) is 2. The summed E-state index contributed by atoms with van der Waals surface area (Å²) in [5.41, 5.74) is 4.86. The number of unbranched alkanes of at least 4 members (excludes halogenated alkanes) is 1. The van der Waals surface area contributed by atoms with Crippen molar-refractivity contribution < 1.29 is 4.79 Å². The summed E-state index contributed by atoms with van der Waals surface area (Å²) < 4.78 is 0. The van der Waals surface area contributed by atoms with Crippen molar-refractivity contribution >= 4 is 5.91 Å². The van der Waals surface area contributed by atoms with Crippen LogP contribution >= 0.6 is 0 Å². The fraction of sp³-hybridized carbons (Fsp3) is 0.929. The number of nitrogens with two attached hydrogens (primary N) is 1. The fourth-order valence-electron chi connectivity index (χ4n) is 2.67. The Morgan fingerprint density at radius 1 is 1.42 bits per heavy atom. The lowest BCUT2D eigenvalue weighted by atomic mass is 9.94. The van der Waals surface area contributed by atoms with E-state index in [0.717, 1.165) is 45.4 Å². The van der Waals surface area contributed by atoms with Gasteiger partial charge in [-0.05, 0) is 53.8 Å². The molecule has 0 aromatic heterocycles. The third-order valence-electron chi connectivity index (χ3n) is 4.44. The third-order valence-corrected chi connectivity index (χ3v) is 4.44. The number of nitrogens with zero attached hydrogens (tertiary/aromatic N) is 2. The summed E-state index contributed by atoms with van der Waals surface area (Å²) in [6.45, 7) is 8.74. The van der Waals surface area contributed by atoms with Crippen molar-refractivity contribution in [2.24, 2.45) is 5.73 Å². The molecule has 0 spiro atoms. The molecule has 1 saturated heterocycles. The van der Waals surface area contributed by atoms with E-state index in [0.29, 0.717) is 6.04 Å². The molecule has 19 heavy (non-hydrogen) atoms. The van der Waals surface area contributed by atoms with Crippen LogP contribution in [0.25, 0.3) is 0 Å². The number of piperazine rings is 1. The van der Waals surface area contributed by atoms with Crippen LogP contribution in [-0.4, -0.2) is 67.6 Å². The molecule has 1 aliphatic rings. The first-order chi connectivity index (χ1) is 8.89. The molecule has 0 saturated carbocycles. The van der Waals surface area contributed by atoms with Gasteiger partial charge in [-0.3, -0.25) is 9.69 Å². The molecule has 3 N–H and O–H groups in total. The van der Waals surface area contributed by atoms with Gasteiger partial charge in [-0.2, -0.15) is 0 Å². The number of carbonyl (C=O) groups excluding carboxylic acids is 1. The van der Waals surface area contributed by atoms with E-state index >= 15 is 0 Å².